The lowest BCUT2D eigenvalue weighted by molar-refractivity contribution is -0.138. The molecule has 0 spiro atoms. The molecule has 0 aliphatic carbocycles. The molecule has 1 aromatic rings. The molecule has 0 aromatic heterocycles. The Morgan fingerprint density at radius 3 is 2.59 bits per heavy atom. The Hall–Kier alpha value is -1.42. The van der Waals surface area contributed by atoms with Crippen molar-refractivity contribution in [2.45, 2.75) is 33.4 Å². The number of carbonyl (C=O) groups is 1. The Bertz CT molecular complexity index is 404. The van der Waals surface area contributed by atoms with E-state index in [4.69, 9.17) is 5.11 Å². The Labute approximate surface area is 101 Å². The van der Waals surface area contributed by atoms with Gasteiger partial charge in [0.1, 0.15) is 5.82 Å². The summed E-state index contributed by atoms with van der Waals surface area (Å²) in [5, 5.41) is 8.82. The van der Waals surface area contributed by atoms with Gasteiger partial charge in [0.25, 0.3) is 0 Å². The maximum atomic E-state index is 12.9. The van der Waals surface area contributed by atoms with E-state index in [1.165, 1.54) is 12.1 Å². The third-order valence-corrected chi connectivity index (χ3v) is 2.75. The maximum absolute atomic E-state index is 12.9. The lowest BCUT2D eigenvalue weighted by atomic mass is 10.1. The summed E-state index contributed by atoms with van der Waals surface area (Å²) < 4.78 is 12.9. The maximum Gasteiger partial charge on any atom is 0.317 e. The summed E-state index contributed by atoms with van der Waals surface area (Å²) in [4.78, 5) is 12.6. The molecule has 0 aliphatic heterocycles. The van der Waals surface area contributed by atoms with Gasteiger partial charge in [-0.15, -0.1) is 0 Å². The van der Waals surface area contributed by atoms with Crippen molar-refractivity contribution in [1.82, 2.24) is 4.90 Å². The molecule has 0 unspecified atom stereocenters. The molecule has 0 atom stereocenters. The summed E-state index contributed by atoms with van der Waals surface area (Å²) in [6.07, 6.45) is 0. The van der Waals surface area contributed by atoms with Gasteiger partial charge in [0.2, 0.25) is 0 Å². The third-order valence-electron chi connectivity index (χ3n) is 2.75. The van der Waals surface area contributed by atoms with E-state index in [0.29, 0.717) is 6.54 Å². The fourth-order valence-corrected chi connectivity index (χ4v) is 1.65. The highest BCUT2D eigenvalue weighted by Gasteiger charge is 2.14. The number of halogens is 1. The first kappa shape index (κ1) is 13.6. The van der Waals surface area contributed by atoms with Crippen LogP contribution in [-0.2, 0) is 11.3 Å². The van der Waals surface area contributed by atoms with Crippen LogP contribution >= 0.6 is 0 Å². The Morgan fingerprint density at radius 1 is 1.47 bits per heavy atom. The van der Waals surface area contributed by atoms with Gasteiger partial charge < -0.3 is 5.11 Å². The van der Waals surface area contributed by atoms with Crippen LogP contribution in [0.4, 0.5) is 4.39 Å². The minimum absolute atomic E-state index is 0.00547. The molecular formula is C13H18FNO2. The number of aliphatic carboxylic acids is 1. The molecule has 1 rings (SSSR count). The molecule has 3 nitrogen and oxygen atoms in total. The fraction of sp³-hybridized carbons (Fsp3) is 0.462. The van der Waals surface area contributed by atoms with Gasteiger partial charge in [-0.3, -0.25) is 9.69 Å². The lowest BCUT2D eigenvalue weighted by Gasteiger charge is -2.25. The molecule has 94 valence electrons. The van der Waals surface area contributed by atoms with E-state index in [0.717, 1.165) is 11.1 Å². The standard InChI is InChI=1S/C13H18FNO2/c1-9(2)15(8-13(16)17)7-11-4-5-12(14)6-10(11)3/h4-6,9H,7-8H2,1-3H3,(H,16,17). The zero-order valence-corrected chi connectivity index (χ0v) is 10.4. The average Bonchev–Trinajstić information content (AvgIpc) is 2.19. The van der Waals surface area contributed by atoms with Crippen molar-refractivity contribution in [3.05, 3.63) is 35.1 Å². The van der Waals surface area contributed by atoms with Crippen LogP contribution in [0.5, 0.6) is 0 Å². The van der Waals surface area contributed by atoms with E-state index in [-0.39, 0.29) is 18.4 Å². The van der Waals surface area contributed by atoms with Crippen LogP contribution in [-0.4, -0.2) is 28.6 Å². The van der Waals surface area contributed by atoms with Crippen LogP contribution in [0.1, 0.15) is 25.0 Å². The van der Waals surface area contributed by atoms with Crippen LogP contribution in [0.25, 0.3) is 0 Å². The number of carboxylic acid groups (broad SMARTS) is 1. The molecule has 0 heterocycles. The van der Waals surface area contributed by atoms with Crippen molar-refractivity contribution in [2.24, 2.45) is 0 Å². The SMILES string of the molecule is Cc1cc(F)ccc1CN(CC(=O)O)C(C)C. The van der Waals surface area contributed by atoms with Crippen molar-refractivity contribution in [3.63, 3.8) is 0 Å². The van der Waals surface area contributed by atoms with Crippen LogP contribution in [0.15, 0.2) is 18.2 Å². The molecule has 0 aliphatic rings. The van der Waals surface area contributed by atoms with Gasteiger partial charge in [-0.05, 0) is 44.0 Å². The summed E-state index contributed by atoms with van der Waals surface area (Å²) in [7, 11) is 0. The highest BCUT2D eigenvalue weighted by atomic mass is 19.1. The molecular weight excluding hydrogens is 221 g/mol. The Morgan fingerprint density at radius 2 is 2.12 bits per heavy atom. The van der Waals surface area contributed by atoms with Crippen molar-refractivity contribution in [1.29, 1.82) is 0 Å². The second-order valence-corrected chi connectivity index (χ2v) is 4.46. The largest absolute Gasteiger partial charge is 0.480 e. The number of aryl methyl sites for hydroxylation is 1. The van der Waals surface area contributed by atoms with Gasteiger partial charge in [-0.2, -0.15) is 0 Å². The minimum Gasteiger partial charge on any atom is -0.480 e. The van der Waals surface area contributed by atoms with Crippen molar-refractivity contribution < 1.29 is 14.3 Å². The van der Waals surface area contributed by atoms with Gasteiger partial charge in [0, 0.05) is 12.6 Å². The Balaban J connectivity index is 2.82. The number of benzene rings is 1. The van der Waals surface area contributed by atoms with E-state index >= 15 is 0 Å². The first-order valence-electron chi connectivity index (χ1n) is 5.61. The van der Waals surface area contributed by atoms with Gasteiger partial charge >= 0.3 is 5.97 Å². The Kier molecular flexibility index (Phi) is 4.63. The molecule has 0 saturated carbocycles. The smallest absolute Gasteiger partial charge is 0.317 e. The topological polar surface area (TPSA) is 40.5 Å². The van der Waals surface area contributed by atoms with Gasteiger partial charge in [-0.25, -0.2) is 4.39 Å². The summed E-state index contributed by atoms with van der Waals surface area (Å²) >= 11 is 0. The number of hydrogen-bond donors (Lipinski definition) is 1. The normalized spacial score (nSPS) is 11.2. The van der Waals surface area contributed by atoms with E-state index in [1.54, 1.807) is 6.07 Å². The zero-order chi connectivity index (χ0) is 13.0. The predicted molar refractivity (Wildman–Crippen MR) is 64.3 cm³/mol. The minimum atomic E-state index is -0.849. The van der Waals surface area contributed by atoms with E-state index < -0.39 is 5.97 Å². The third kappa shape index (κ3) is 4.15. The average molecular weight is 239 g/mol. The van der Waals surface area contributed by atoms with Crippen LogP contribution < -0.4 is 0 Å². The molecule has 1 N–H and O–H groups in total. The van der Waals surface area contributed by atoms with Crippen molar-refractivity contribution in [3.8, 4) is 0 Å². The van der Waals surface area contributed by atoms with Gasteiger partial charge in [-0.1, -0.05) is 6.07 Å². The van der Waals surface area contributed by atoms with E-state index in [1.807, 2.05) is 25.7 Å². The number of carboxylic acids is 1. The highest BCUT2D eigenvalue weighted by Crippen LogP contribution is 2.14. The zero-order valence-electron chi connectivity index (χ0n) is 10.4. The first-order valence-corrected chi connectivity index (χ1v) is 5.61. The number of rotatable bonds is 5. The van der Waals surface area contributed by atoms with Gasteiger partial charge in [0.15, 0.2) is 0 Å². The summed E-state index contributed by atoms with van der Waals surface area (Å²) in [5.74, 6) is -1.11. The van der Waals surface area contributed by atoms with Crippen LogP contribution in [0, 0.1) is 12.7 Å². The van der Waals surface area contributed by atoms with E-state index in [2.05, 4.69) is 0 Å². The predicted octanol–water partition coefficient (Wildman–Crippen LogP) is 2.43. The van der Waals surface area contributed by atoms with Crippen LogP contribution in [0.3, 0.4) is 0 Å². The summed E-state index contributed by atoms with van der Waals surface area (Å²) in [5.41, 5.74) is 1.81. The van der Waals surface area contributed by atoms with Gasteiger partial charge in [0.05, 0.1) is 6.54 Å². The molecule has 0 fully saturated rings. The second-order valence-electron chi connectivity index (χ2n) is 4.46. The number of nitrogens with zero attached hydrogens (tertiary/aromatic N) is 1. The van der Waals surface area contributed by atoms with Crippen molar-refractivity contribution >= 4 is 5.97 Å². The highest BCUT2D eigenvalue weighted by molar-refractivity contribution is 5.69. The molecule has 0 saturated heterocycles. The second kappa shape index (κ2) is 5.77. The molecule has 0 bridgehead atoms. The molecule has 0 radical (unpaired) electrons. The lowest BCUT2D eigenvalue weighted by Crippen LogP contribution is -2.35. The summed E-state index contributed by atoms with van der Waals surface area (Å²) in [6.45, 7) is 6.24. The molecule has 0 amide bonds. The van der Waals surface area contributed by atoms with Crippen molar-refractivity contribution in [2.75, 3.05) is 6.54 Å². The quantitative estimate of drug-likeness (QED) is 0.858. The monoisotopic (exact) mass is 239 g/mol. The molecule has 1 aromatic carbocycles. The van der Waals surface area contributed by atoms with Crippen LogP contribution in [0.2, 0.25) is 0 Å². The fourth-order valence-electron chi connectivity index (χ4n) is 1.65. The molecule has 17 heavy (non-hydrogen) atoms. The summed E-state index contributed by atoms with van der Waals surface area (Å²) in [6, 6.07) is 4.72. The van der Waals surface area contributed by atoms with E-state index in [9.17, 15) is 9.18 Å². The molecule has 4 heteroatoms. The first-order chi connectivity index (χ1) is 7.90. The number of hydrogen-bond acceptors (Lipinski definition) is 2.